The third kappa shape index (κ3) is 4.69. The lowest BCUT2D eigenvalue weighted by atomic mass is 10.0. The number of halogens is 1. The molecule has 5 heteroatoms. The number of amides is 1. The number of carbonyl (C=O) groups is 1. The van der Waals surface area contributed by atoms with Gasteiger partial charge < -0.3 is 9.74 Å². The van der Waals surface area contributed by atoms with E-state index in [-0.39, 0.29) is 11.7 Å². The molecule has 0 saturated carbocycles. The van der Waals surface area contributed by atoms with Crippen LogP contribution in [-0.4, -0.2) is 22.6 Å². The molecule has 0 saturated heterocycles. The van der Waals surface area contributed by atoms with Crippen LogP contribution in [0.15, 0.2) is 90.1 Å². The van der Waals surface area contributed by atoms with E-state index in [0.29, 0.717) is 25.2 Å². The summed E-state index contributed by atoms with van der Waals surface area (Å²) in [5, 5.41) is 4.08. The van der Waals surface area contributed by atoms with Gasteiger partial charge in [-0.1, -0.05) is 78.0 Å². The summed E-state index contributed by atoms with van der Waals surface area (Å²) in [7, 11) is 0. The van der Waals surface area contributed by atoms with Crippen molar-refractivity contribution >= 4 is 11.6 Å². The molecule has 3 aromatic carbocycles. The molecule has 1 atom stereocenters. The fourth-order valence-electron chi connectivity index (χ4n) is 3.35. The zero-order valence-corrected chi connectivity index (χ0v) is 15.9. The lowest BCUT2D eigenvalue weighted by Gasteiger charge is -2.25. The van der Waals surface area contributed by atoms with E-state index in [4.69, 9.17) is 4.84 Å². The maximum atomic E-state index is 13.3. The molecular weight excluding hydrogens is 367 g/mol. The van der Waals surface area contributed by atoms with Crippen LogP contribution in [0.1, 0.15) is 23.1 Å². The minimum absolute atomic E-state index is 0.112. The predicted molar refractivity (Wildman–Crippen MR) is 110 cm³/mol. The normalized spacial score (nSPS) is 15.5. The van der Waals surface area contributed by atoms with Crippen molar-refractivity contribution in [3.05, 3.63) is 107 Å². The van der Waals surface area contributed by atoms with E-state index in [2.05, 4.69) is 5.16 Å². The Morgan fingerprint density at radius 1 is 0.897 bits per heavy atom. The van der Waals surface area contributed by atoms with Crippen molar-refractivity contribution in [1.29, 1.82) is 0 Å². The summed E-state index contributed by atoms with van der Waals surface area (Å²) in [6, 6.07) is 25.8. The van der Waals surface area contributed by atoms with E-state index in [1.54, 1.807) is 17.0 Å². The Labute approximate surface area is 169 Å². The number of benzene rings is 3. The molecule has 0 bridgehead atoms. The van der Waals surface area contributed by atoms with E-state index in [1.807, 2.05) is 60.7 Å². The van der Waals surface area contributed by atoms with Crippen molar-refractivity contribution in [2.75, 3.05) is 0 Å². The van der Waals surface area contributed by atoms with Crippen LogP contribution >= 0.6 is 0 Å². The molecule has 0 spiro atoms. The van der Waals surface area contributed by atoms with Crippen molar-refractivity contribution in [2.45, 2.75) is 25.6 Å². The van der Waals surface area contributed by atoms with Gasteiger partial charge in [-0.15, -0.1) is 0 Å². The second kappa shape index (κ2) is 8.69. The van der Waals surface area contributed by atoms with Gasteiger partial charge in [0.1, 0.15) is 5.82 Å². The van der Waals surface area contributed by atoms with Crippen LogP contribution in [0.4, 0.5) is 4.39 Å². The van der Waals surface area contributed by atoms with E-state index in [9.17, 15) is 9.18 Å². The van der Waals surface area contributed by atoms with Crippen molar-refractivity contribution in [2.24, 2.45) is 5.16 Å². The highest BCUT2D eigenvalue weighted by Crippen LogP contribution is 2.21. The first kappa shape index (κ1) is 18.9. The fourth-order valence-corrected chi connectivity index (χ4v) is 3.35. The second-order valence-corrected chi connectivity index (χ2v) is 7.01. The average Bonchev–Trinajstić information content (AvgIpc) is 3.25. The Morgan fingerprint density at radius 3 is 2.00 bits per heavy atom. The quantitative estimate of drug-likeness (QED) is 0.622. The Kier molecular flexibility index (Phi) is 5.66. The van der Waals surface area contributed by atoms with E-state index in [1.165, 1.54) is 12.1 Å². The van der Waals surface area contributed by atoms with Gasteiger partial charge in [0, 0.05) is 19.5 Å². The maximum absolute atomic E-state index is 13.3. The monoisotopic (exact) mass is 388 g/mol. The summed E-state index contributed by atoms with van der Waals surface area (Å²) in [6.07, 6.45) is -0.313. The van der Waals surface area contributed by atoms with Crippen LogP contribution in [0.5, 0.6) is 0 Å². The van der Waals surface area contributed by atoms with Crippen molar-refractivity contribution in [3.63, 3.8) is 0 Å². The van der Waals surface area contributed by atoms with Crippen LogP contribution in [0, 0.1) is 5.82 Å². The van der Waals surface area contributed by atoms with Crippen LogP contribution in [0.2, 0.25) is 0 Å². The smallest absolute Gasteiger partial charge is 0.267 e. The molecular formula is C24H21FN2O2. The van der Waals surface area contributed by atoms with Gasteiger partial charge in [0.15, 0.2) is 0 Å². The van der Waals surface area contributed by atoms with Crippen LogP contribution in [-0.2, 0) is 22.7 Å². The number of nitrogens with zero attached hydrogens (tertiary/aromatic N) is 2. The zero-order chi connectivity index (χ0) is 20.1. The van der Waals surface area contributed by atoms with Gasteiger partial charge >= 0.3 is 0 Å². The third-order valence-electron chi connectivity index (χ3n) is 4.87. The van der Waals surface area contributed by atoms with Crippen molar-refractivity contribution in [1.82, 2.24) is 4.90 Å². The second-order valence-electron chi connectivity index (χ2n) is 7.01. The van der Waals surface area contributed by atoms with Gasteiger partial charge in [-0.3, -0.25) is 4.79 Å². The molecule has 146 valence electrons. The molecule has 4 nitrogen and oxygen atoms in total. The Morgan fingerprint density at radius 2 is 1.45 bits per heavy atom. The SMILES string of the molecule is O=C(C1CC(c2ccc(F)cc2)=NO1)N(Cc1ccccc1)Cc1ccccc1. The molecule has 1 aliphatic rings. The molecule has 3 aromatic rings. The van der Waals surface area contributed by atoms with Gasteiger partial charge in [-0.05, 0) is 28.8 Å². The first-order valence-electron chi connectivity index (χ1n) is 9.54. The largest absolute Gasteiger partial charge is 0.382 e. The van der Waals surface area contributed by atoms with Gasteiger partial charge in [-0.25, -0.2) is 4.39 Å². The fraction of sp³-hybridized carbons (Fsp3) is 0.167. The first-order valence-corrected chi connectivity index (χ1v) is 9.54. The third-order valence-corrected chi connectivity index (χ3v) is 4.87. The molecule has 29 heavy (non-hydrogen) atoms. The topological polar surface area (TPSA) is 41.9 Å². The Balaban J connectivity index is 1.49. The highest BCUT2D eigenvalue weighted by molar-refractivity contribution is 6.04. The molecule has 1 unspecified atom stereocenters. The number of oxime groups is 1. The molecule has 0 radical (unpaired) electrons. The van der Waals surface area contributed by atoms with Crippen molar-refractivity contribution in [3.8, 4) is 0 Å². The standard InChI is InChI=1S/C24H21FN2O2/c25-21-13-11-20(12-14-21)22-15-23(29-26-22)24(28)27(16-18-7-3-1-4-8-18)17-19-9-5-2-6-10-19/h1-14,23H,15-17H2. The maximum Gasteiger partial charge on any atom is 0.267 e. The van der Waals surface area contributed by atoms with E-state index < -0.39 is 6.10 Å². The van der Waals surface area contributed by atoms with Gasteiger partial charge in [0.2, 0.25) is 6.10 Å². The highest BCUT2D eigenvalue weighted by atomic mass is 19.1. The summed E-state index contributed by atoms with van der Waals surface area (Å²) in [5.41, 5.74) is 3.52. The Hall–Kier alpha value is -3.47. The van der Waals surface area contributed by atoms with Gasteiger partial charge in [0.05, 0.1) is 5.71 Å². The predicted octanol–water partition coefficient (Wildman–Crippen LogP) is 4.55. The van der Waals surface area contributed by atoms with Gasteiger partial charge in [-0.2, -0.15) is 0 Å². The van der Waals surface area contributed by atoms with E-state index >= 15 is 0 Å². The highest BCUT2D eigenvalue weighted by Gasteiger charge is 2.32. The van der Waals surface area contributed by atoms with Crippen LogP contribution < -0.4 is 0 Å². The summed E-state index contributed by atoms with van der Waals surface area (Å²) in [6.45, 7) is 0.973. The molecule has 0 aliphatic carbocycles. The van der Waals surface area contributed by atoms with Crippen molar-refractivity contribution < 1.29 is 14.0 Å². The first-order chi connectivity index (χ1) is 14.2. The summed E-state index contributed by atoms with van der Waals surface area (Å²) >= 11 is 0. The summed E-state index contributed by atoms with van der Waals surface area (Å²) < 4.78 is 13.2. The number of carbonyl (C=O) groups excluding carboxylic acids is 1. The molecule has 0 fully saturated rings. The average molecular weight is 388 g/mol. The minimum Gasteiger partial charge on any atom is -0.382 e. The molecule has 1 aliphatic heterocycles. The molecule has 1 heterocycles. The van der Waals surface area contributed by atoms with Crippen LogP contribution in [0.25, 0.3) is 0 Å². The van der Waals surface area contributed by atoms with Crippen LogP contribution in [0.3, 0.4) is 0 Å². The number of hydrogen-bond acceptors (Lipinski definition) is 3. The number of hydrogen-bond donors (Lipinski definition) is 0. The molecule has 0 aromatic heterocycles. The zero-order valence-electron chi connectivity index (χ0n) is 15.9. The molecule has 4 rings (SSSR count). The lowest BCUT2D eigenvalue weighted by Crippen LogP contribution is -2.38. The van der Waals surface area contributed by atoms with E-state index in [0.717, 1.165) is 16.7 Å². The summed E-state index contributed by atoms with van der Waals surface area (Å²) in [4.78, 5) is 20.5. The lowest BCUT2D eigenvalue weighted by molar-refractivity contribution is -0.143. The molecule has 1 amide bonds. The number of rotatable bonds is 6. The minimum atomic E-state index is -0.678. The molecule has 0 N–H and O–H groups in total. The Bertz CT molecular complexity index is 947. The summed E-state index contributed by atoms with van der Waals surface area (Å²) in [5.74, 6) is -0.420. The van der Waals surface area contributed by atoms with Gasteiger partial charge in [0.25, 0.3) is 5.91 Å².